The van der Waals surface area contributed by atoms with Gasteiger partial charge in [-0.1, -0.05) is 94.9 Å². The number of epoxide rings is 1. The number of benzene rings is 2. The number of carbonyl (C=O) groups excluding carboxylic acids is 2. The third kappa shape index (κ3) is 8.90. The van der Waals surface area contributed by atoms with E-state index >= 15 is 9.59 Å². The largest absolute Gasteiger partial charge is 0.508 e. The molecule has 0 radical (unpaired) electrons. The van der Waals surface area contributed by atoms with Crippen molar-refractivity contribution in [3.8, 4) is 5.75 Å². The quantitative estimate of drug-likeness (QED) is 0.0572. The highest BCUT2D eigenvalue weighted by atomic mass is 16.6. The number of carbonyl (C=O) groups is 2. The van der Waals surface area contributed by atoms with Crippen LogP contribution in [-0.2, 0) is 27.3 Å². The lowest BCUT2D eigenvalue weighted by molar-refractivity contribution is -0.259. The van der Waals surface area contributed by atoms with Crippen molar-refractivity contribution < 1.29 is 39.9 Å². The fraction of sp³-hybridized carbons (Fsp3) is 0.733. The van der Waals surface area contributed by atoms with E-state index in [1.807, 2.05) is 26.1 Å². The third-order valence-electron chi connectivity index (χ3n) is 27.7. The zero-order valence-corrected chi connectivity index (χ0v) is 52.9. The molecule has 2 saturated heterocycles. The number of aromatic hydroxyl groups is 1. The average Bonchev–Trinajstić information content (AvgIpc) is 1.12. The van der Waals surface area contributed by atoms with Crippen molar-refractivity contribution in [2.75, 3.05) is 32.5 Å². The second-order valence-electron chi connectivity index (χ2n) is 32.3. The second kappa shape index (κ2) is 22.0. The number of nitrogens with one attached hydrogen (secondary N) is 2. The number of aliphatic hydroxyl groups is 4. The molecule has 22 atom stereocenters. The number of β-amino-alcohol motifs (C(OH)–C–C–N with tert-alkyl or cyclic N) is 1. The Labute approximate surface area is 513 Å². The van der Waals surface area contributed by atoms with E-state index in [0.717, 1.165) is 132 Å². The number of ether oxygens (including phenoxy) is 1. The van der Waals surface area contributed by atoms with Gasteiger partial charge in [0.15, 0.2) is 5.78 Å². The first-order valence-corrected chi connectivity index (χ1v) is 34.8. The van der Waals surface area contributed by atoms with Gasteiger partial charge in [-0.15, -0.1) is 0 Å². The molecule has 2 aromatic rings. The van der Waals surface area contributed by atoms with E-state index in [4.69, 9.17) is 10.5 Å². The fourth-order valence-electron chi connectivity index (χ4n) is 24.9. The number of aliphatic hydroxyl groups excluding tert-OH is 3. The van der Waals surface area contributed by atoms with Gasteiger partial charge in [-0.05, 0) is 257 Å². The zero-order chi connectivity index (χ0) is 60.0. The molecule has 8 fully saturated rings. The first-order valence-electron chi connectivity index (χ1n) is 34.8. The summed E-state index contributed by atoms with van der Waals surface area (Å²) in [6.45, 7) is 12.3. The second-order valence-corrected chi connectivity index (χ2v) is 32.3. The number of rotatable bonds is 12. The minimum atomic E-state index is -0.963. The maximum atomic E-state index is 16.7. The summed E-state index contributed by atoms with van der Waals surface area (Å²) >= 11 is 0. The van der Waals surface area contributed by atoms with Crippen LogP contribution in [0, 0.1) is 98.6 Å². The van der Waals surface area contributed by atoms with E-state index in [-0.39, 0.29) is 108 Å². The first kappa shape index (κ1) is 59.9. The number of fused-ring (bicyclic) bond motifs is 3. The molecule has 13 aliphatic rings. The summed E-state index contributed by atoms with van der Waals surface area (Å²) < 4.78 is 7.05. The third-order valence-corrected chi connectivity index (χ3v) is 27.7. The number of Topliss-reactive ketones (excluding diaryl/α,β-unsaturated/α-hetero) is 2. The van der Waals surface area contributed by atoms with Crippen LogP contribution in [-0.4, -0.2) is 93.4 Å². The smallest absolute Gasteiger partial charge is 0.160 e. The van der Waals surface area contributed by atoms with Crippen LogP contribution in [0.2, 0.25) is 0 Å². The Morgan fingerprint density at radius 2 is 1.62 bits per heavy atom. The predicted molar refractivity (Wildman–Crippen MR) is 337 cm³/mol. The number of allylic oxidation sites excluding steroid dienone is 5. The molecular weight excluding hydrogens is 1070 g/mol. The number of hydrogen-bond acceptors (Lipinski definition) is 11. The lowest BCUT2D eigenvalue weighted by atomic mass is 9.27. The standard InChI is InChI=1S/C75H105N3O8/c1-42(2)29-43-30-47(34-51(76)32-43)53-15-11-16-56(53)72(5)69(86-72)66(83)55-23-22-54-46(39-79)19-18-45-20-21-50(40-80)74-36-59-67-73(27-10-9-26-70(3,85)41-78-59)28-12-17-58(63(68(73)84)48-31-44(38-77-6)33-52(81)35-48)75(67,49-13-7-8-14-49)61(74)25-24-57-65(64(55)62(45)54)60(82)37-71(57,74)4/h12,17,22-23,30-35,42,45-46,49-50,53-56,58-59,61-64,66-67,69,77-81,83,85H,7-11,13-16,18-21,24-29,36-41,76H2,1-6H3/t45-,46+,50+,53+,54-,55-,56-,58+,59-,61+,62+,63-,64+,66-,67+,69-,70-,71+,72-,73+,74-,75+/m1/s1. The average molecular weight is 1180 g/mol. The SMILES string of the molecule is CNCc1cc(O)cc([C@H]2C(=O)[C@]34CC=C[C@@H]2[C@@]2(C5CCCC5)[C@H]5CCC6=C7C(=O)C[C@]6(C)[C@]5(C[C@@H](NC[C@](C)(O)CCCC3)[C@@H]42)[C@H](CO)CC[C@H]2CC[C@@H](CO)[C@H]3C=C[C@@H]([C@@H](O)[C@H]4O[C@]4(C)[C@@H]4CCC[C@H]4c4cc(N)cc(CC(C)C)c4)[C@H]7[C@@H]23)c1. The Morgan fingerprint density at radius 1 is 0.837 bits per heavy atom. The Bertz CT molecular complexity index is 3050. The number of anilines is 1. The van der Waals surface area contributed by atoms with Crippen LogP contribution >= 0.6 is 0 Å². The summed E-state index contributed by atoms with van der Waals surface area (Å²) in [7, 11) is 1.93. The van der Waals surface area contributed by atoms with Gasteiger partial charge in [-0.2, -0.15) is 0 Å². The van der Waals surface area contributed by atoms with Gasteiger partial charge >= 0.3 is 0 Å². The van der Waals surface area contributed by atoms with Crippen LogP contribution in [0.15, 0.2) is 71.8 Å². The number of nitrogen functional groups attached to an aromatic ring is 1. The number of ketones is 2. The van der Waals surface area contributed by atoms with Crippen LogP contribution in [0.5, 0.6) is 5.75 Å². The van der Waals surface area contributed by atoms with Crippen molar-refractivity contribution in [3.63, 3.8) is 0 Å². The Kier molecular flexibility index (Phi) is 15.3. The molecule has 9 N–H and O–H groups in total. The minimum absolute atomic E-state index is 0.00577. The van der Waals surface area contributed by atoms with E-state index in [0.29, 0.717) is 50.5 Å². The summed E-state index contributed by atoms with van der Waals surface area (Å²) in [6, 6.07) is 12.5. The molecule has 468 valence electrons. The van der Waals surface area contributed by atoms with E-state index < -0.39 is 51.0 Å². The van der Waals surface area contributed by atoms with Crippen molar-refractivity contribution in [2.24, 2.45) is 98.6 Å². The molecule has 2 heterocycles. The van der Waals surface area contributed by atoms with Crippen molar-refractivity contribution in [3.05, 3.63) is 94.1 Å². The van der Waals surface area contributed by atoms with Crippen molar-refractivity contribution in [1.29, 1.82) is 0 Å². The van der Waals surface area contributed by atoms with Crippen LogP contribution < -0.4 is 16.4 Å². The molecule has 2 aromatic carbocycles. The molecule has 0 aromatic heterocycles. The highest BCUT2D eigenvalue weighted by Crippen LogP contribution is 2.82. The lowest BCUT2D eigenvalue weighted by Crippen LogP contribution is -2.76. The van der Waals surface area contributed by atoms with Gasteiger partial charge in [0.25, 0.3) is 0 Å². The summed E-state index contributed by atoms with van der Waals surface area (Å²) in [4.78, 5) is 33.3. The summed E-state index contributed by atoms with van der Waals surface area (Å²) in [5.41, 5.74) is 10.2. The van der Waals surface area contributed by atoms with Gasteiger partial charge < -0.3 is 46.6 Å². The van der Waals surface area contributed by atoms with Crippen LogP contribution in [0.4, 0.5) is 5.69 Å². The molecule has 2 spiro atoms. The van der Waals surface area contributed by atoms with E-state index in [1.165, 1.54) is 16.7 Å². The minimum Gasteiger partial charge on any atom is -0.508 e. The number of phenolic OH excluding ortho intramolecular Hbond substituents is 1. The van der Waals surface area contributed by atoms with Gasteiger partial charge in [0.2, 0.25) is 0 Å². The molecule has 11 aliphatic carbocycles. The summed E-state index contributed by atoms with van der Waals surface area (Å²) in [6.07, 6.45) is 26.7. The normalized spacial score (nSPS) is 45.6. The van der Waals surface area contributed by atoms with E-state index in [1.54, 1.807) is 0 Å². The maximum Gasteiger partial charge on any atom is 0.160 e. The maximum absolute atomic E-state index is 16.7. The number of nitrogens with two attached hydrogens (primary N) is 1. The monoisotopic (exact) mass is 1180 g/mol. The molecule has 15 rings (SSSR count). The molecule has 0 unspecified atom stereocenters. The topological polar surface area (TPSA) is 198 Å². The van der Waals surface area contributed by atoms with Crippen LogP contribution in [0.3, 0.4) is 0 Å². The Morgan fingerprint density at radius 3 is 2.38 bits per heavy atom. The predicted octanol–water partition coefficient (Wildman–Crippen LogP) is 11.8. The molecule has 11 nitrogen and oxygen atoms in total. The molecule has 11 heteroatoms. The molecule has 6 bridgehead atoms. The first-order chi connectivity index (χ1) is 41.3. The lowest BCUT2D eigenvalue weighted by Gasteiger charge is -2.76. The molecule has 2 aliphatic heterocycles. The summed E-state index contributed by atoms with van der Waals surface area (Å²) in [5, 5.41) is 69.2. The summed E-state index contributed by atoms with van der Waals surface area (Å²) in [5.74, 6) is 0.911. The van der Waals surface area contributed by atoms with Crippen molar-refractivity contribution in [1.82, 2.24) is 10.6 Å². The van der Waals surface area contributed by atoms with Gasteiger partial charge in [0.05, 0.1) is 23.2 Å². The van der Waals surface area contributed by atoms with Crippen LogP contribution in [0.25, 0.3) is 0 Å². The molecule has 86 heavy (non-hydrogen) atoms. The highest BCUT2D eigenvalue weighted by molar-refractivity contribution is 6.01. The van der Waals surface area contributed by atoms with E-state index in [9.17, 15) is 25.5 Å². The number of hydrogen-bond donors (Lipinski definition) is 8. The zero-order valence-electron chi connectivity index (χ0n) is 52.9. The van der Waals surface area contributed by atoms with E-state index in [2.05, 4.69) is 86.9 Å². The van der Waals surface area contributed by atoms with Crippen molar-refractivity contribution in [2.45, 2.75) is 217 Å². The highest BCUT2D eigenvalue weighted by Gasteiger charge is 2.80. The fourth-order valence-corrected chi connectivity index (χ4v) is 24.9. The Balaban J connectivity index is 0.940. The van der Waals surface area contributed by atoms with Gasteiger partial charge in [-0.25, -0.2) is 0 Å². The van der Waals surface area contributed by atoms with Gasteiger partial charge in [0, 0.05) is 61.2 Å². The van der Waals surface area contributed by atoms with Gasteiger partial charge in [0.1, 0.15) is 17.6 Å². The van der Waals surface area contributed by atoms with Crippen molar-refractivity contribution >= 4 is 17.3 Å². The molecular formula is C75H105N3O8. The molecule has 6 saturated carbocycles. The van der Waals surface area contributed by atoms with Gasteiger partial charge in [-0.3, -0.25) is 9.59 Å². The number of phenols is 1. The Hall–Kier alpha value is -3.68. The van der Waals surface area contributed by atoms with Crippen LogP contribution in [0.1, 0.15) is 197 Å². The molecule has 0 amide bonds.